The molecule has 0 bridgehead atoms. The highest BCUT2D eigenvalue weighted by Crippen LogP contribution is 2.49. The number of likely N-dealkylation sites (tertiary alicyclic amines) is 1. The molecule has 12 heteroatoms. The van der Waals surface area contributed by atoms with Crippen molar-refractivity contribution >= 4 is 68.6 Å². The molecule has 1 saturated heterocycles. The van der Waals surface area contributed by atoms with Crippen molar-refractivity contribution in [3.05, 3.63) is 131 Å². The highest BCUT2D eigenvalue weighted by atomic mass is 32.2. The Labute approximate surface area is 275 Å². The van der Waals surface area contributed by atoms with Gasteiger partial charge in [0.1, 0.15) is 12.0 Å². The molecule has 0 N–H and O–H groups in total. The number of ether oxygens (including phenoxy) is 2. The highest BCUT2D eigenvalue weighted by molar-refractivity contribution is 8.14. The van der Waals surface area contributed by atoms with Gasteiger partial charge in [0.25, 0.3) is 5.69 Å². The van der Waals surface area contributed by atoms with E-state index in [1.54, 1.807) is 0 Å². The van der Waals surface area contributed by atoms with Gasteiger partial charge in [0.2, 0.25) is 5.91 Å². The summed E-state index contributed by atoms with van der Waals surface area (Å²) >= 11 is 0.901. The first kappa shape index (κ1) is 33.4. The number of non-ortho nitro benzene ring substituents is 1. The van der Waals surface area contributed by atoms with Crippen LogP contribution in [0.1, 0.15) is 24.8 Å². The Bertz CT molecular complexity index is 1730. The lowest BCUT2D eigenvalue weighted by Crippen LogP contribution is -2.58. The zero-order valence-electron chi connectivity index (χ0n) is 25.4. The molecule has 0 saturated carbocycles. The normalized spacial score (nSPS) is 14.1. The number of benzene rings is 4. The number of hydrogen-bond donors (Lipinski definition) is 0. The van der Waals surface area contributed by atoms with Crippen molar-refractivity contribution in [1.82, 2.24) is 4.90 Å². The predicted molar refractivity (Wildman–Crippen MR) is 182 cm³/mol. The zero-order valence-corrected chi connectivity index (χ0v) is 27.1. The number of nitro benzene ring substituents is 1. The number of thioether (sulfide) groups is 1. The number of esters is 2. The molecular formula is C35H31N2O8PS. The van der Waals surface area contributed by atoms with Gasteiger partial charge in [-0.1, -0.05) is 103 Å². The lowest BCUT2D eigenvalue weighted by molar-refractivity contribution is -0.384. The van der Waals surface area contributed by atoms with Gasteiger partial charge in [0, 0.05) is 25.4 Å². The summed E-state index contributed by atoms with van der Waals surface area (Å²) in [6.07, 6.45) is -0.190. The molecule has 4 aromatic rings. The number of carbonyl (C=O) groups is 4. The number of nitrogens with zero attached hydrogens (tertiary/aromatic N) is 2. The molecule has 4 aromatic carbocycles. The molecule has 1 aliphatic heterocycles. The third-order valence-corrected chi connectivity index (χ3v) is 13.0. The zero-order chi connectivity index (χ0) is 33.4. The van der Waals surface area contributed by atoms with Crippen molar-refractivity contribution in [2.75, 3.05) is 7.11 Å². The molecule has 1 amide bonds. The van der Waals surface area contributed by atoms with Crippen molar-refractivity contribution in [3.8, 4) is 0 Å². The molecule has 1 atom stereocenters. The molecule has 1 aliphatic rings. The number of rotatable bonds is 12. The molecule has 0 aliphatic carbocycles. The minimum atomic E-state index is -3.18. The van der Waals surface area contributed by atoms with Crippen LogP contribution in [0.15, 0.2) is 115 Å². The van der Waals surface area contributed by atoms with Gasteiger partial charge in [-0.2, -0.15) is 0 Å². The monoisotopic (exact) mass is 670 g/mol. The minimum absolute atomic E-state index is 0.00608. The fraction of sp³-hybridized carbons (Fsp3) is 0.171. The van der Waals surface area contributed by atoms with Crippen LogP contribution in [0.25, 0.3) is 0 Å². The third-order valence-electron chi connectivity index (χ3n) is 7.61. The van der Waals surface area contributed by atoms with Gasteiger partial charge in [-0.3, -0.25) is 29.4 Å². The molecular weight excluding hydrogens is 639 g/mol. The average Bonchev–Trinajstić information content (AvgIpc) is 3.10. The number of carbonyl (C=O) groups excluding carboxylic acids is 4. The van der Waals surface area contributed by atoms with Crippen molar-refractivity contribution in [2.24, 2.45) is 0 Å². The topological polar surface area (TPSA) is 133 Å². The maximum absolute atomic E-state index is 14.6. The van der Waals surface area contributed by atoms with E-state index in [2.05, 4.69) is 4.74 Å². The number of hydrogen-bond acceptors (Lipinski definition) is 9. The number of amides is 1. The summed E-state index contributed by atoms with van der Waals surface area (Å²) in [5.41, 5.74) is 0.528. The second-order valence-corrected chi connectivity index (χ2v) is 15.0. The maximum Gasteiger partial charge on any atom is 0.356 e. The first-order valence-corrected chi connectivity index (χ1v) is 17.3. The Kier molecular flexibility index (Phi) is 10.7. The van der Waals surface area contributed by atoms with Gasteiger partial charge in [-0.15, -0.1) is 0 Å². The van der Waals surface area contributed by atoms with Crippen LogP contribution in [0, 0.1) is 10.1 Å². The van der Waals surface area contributed by atoms with Crippen LogP contribution in [0.2, 0.25) is 0 Å². The van der Waals surface area contributed by atoms with Crippen LogP contribution in [-0.4, -0.2) is 50.7 Å². The molecule has 5 rings (SSSR count). The van der Waals surface area contributed by atoms with Gasteiger partial charge in [-0.25, -0.2) is 4.79 Å². The average molecular weight is 671 g/mol. The van der Waals surface area contributed by atoms with Crippen LogP contribution in [-0.2, 0) is 35.3 Å². The number of methoxy groups -OCH3 is 1. The summed E-state index contributed by atoms with van der Waals surface area (Å²) < 4.78 is 10.6. The molecule has 0 aromatic heterocycles. The Morgan fingerprint density at radius 2 is 1.34 bits per heavy atom. The van der Waals surface area contributed by atoms with E-state index in [-0.39, 0.29) is 48.0 Å². The predicted octanol–water partition coefficient (Wildman–Crippen LogP) is 4.53. The second-order valence-electron chi connectivity index (χ2n) is 10.5. The van der Waals surface area contributed by atoms with Gasteiger partial charge in [0.05, 0.1) is 30.2 Å². The Hall–Kier alpha value is -4.99. The second kappa shape index (κ2) is 15.1. The number of β-lactam (4-membered cyclic amide) rings is 1. The summed E-state index contributed by atoms with van der Waals surface area (Å²) in [7, 11) is 1.25. The molecule has 0 radical (unpaired) electrons. The third kappa shape index (κ3) is 7.21. The molecule has 47 heavy (non-hydrogen) atoms. The lowest BCUT2D eigenvalue weighted by atomic mass is 10.2. The largest absolute Gasteiger partial charge is 0.469 e. The fourth-order valence-electron chi connectivity index (χ4n) is 5.35. The van der Waals surface area contributed by atoms with Gasteiger partial charge < -0.3 is 9.47 Å². The van der Waals surface area contributed by atoms with Crippen molar-refractivity contribution in [1.29, 1.82) is 0 Å². The quantitative estimate of drug-likeness (QED) is 0.0701. The summed E-state index contributed by atoms with van der Waals surface area (Å²) in [4.78, 5) is 65.0. The first-order chi connectivity index (χ1) is 22.7. The highest BCUT2D eigenvalue weighted by Gasteiger charge is 2.48. The van der Waals surface area contributed by atoms with E-state index in [0.29, 0.717) is 5.56 Å². The molecule has 1 heterocycles. The van der Waals surface area contributed by atoms with E-state index >= 15 is 0 Å². The Morgan fingerprint density at radius 3 is 1.79 bits per heavy atom. The summed E-state index contributed by atoms with van der Waals surface area (Å²) in [5, 5.41) is 12.5. The number of nitro groups is 1. The van der Waals surface area contributed by atoms with Crippen molar-refractivity contribution < 1.29 is 33.6 Å². The Balaban J connectivity index is 1.71. The fourth-order valence-corrected chi connectivity index (χ4v) is 10.9. The standard InChI is InChI=1S/C35H31N2O8PS/c1-44-32(39)21-22-33(40)47-31-23-30(38)36(31)34(35(41)45-24-25-17-19-26(20-18-25)37(42)43)46(27-11-5-2-6-12-27,28-13-7-3-8-14-28)29-15-9-4-10-16-29/h2-20,31H,21-24H2,1H3/t31-/m1/s1. The van der Waals surface area contributed by atoms with E-state index in [0.717, 1.165) is 27.7 Å². The molecule has 10 nitrogen and oxygen atoms in total. The molecule has 0 unspecified atom stereocenters. The van der Waals surface area contributed by atoms with Crippen LogP contribution in [0.5, 0.6) is 0 Å². The lowest BCUT2D eigenvalue weighted by Gasteiger charge is -2.44. The summed E-state index contributed by atoms with van der Waals surface area (Å²) in [5.74, 6) is -1.63. The maximum atomic E-state index is 14.6. The summed E-state index contributed by atoms with van der Waals surface area (Å²) in [6, 6.07) is 34.0. The van der Waals surface area contributed by atoms with Crippen LogP contribution >= 0.6 is 18.6 Å². The van der Waals surface area contributed by atoms with Crippen LogP contribution in [0.3, 0.4) is 0 Å². The van der Waals surface area contributed by atoms with Crippen LogP contribution in [0.4, 0.5) is 5.69 Å². The van der Waals surface area contributed by atoms with Gasteiger partial charge >= 0.3 is 11.9 Å². The SMILES string of the molecule is COC(=O)CCC(=O)S[C@@H]1CC(=O)N1C(C(=O)OCc1ccc([N+](=O)[O-])cc1)=P(c1ccccc1)(c1ccccc1)c1ccccc1. The minimum Gasteiger partial charge on any atom is -0.469 e. The molecule has 0 spiro atoms. The van der Waals surface area contributed by atoms with Crippen molar-refractivity contribution in [2.45, 2.75) is 31.2 Å². The first-order valence-electron chi connectivity index (χ1n) is 14.7. The van der Waals surface area contributed by atoms with E-state index in [4.69, 9.17) is 4.74 Å². The van der Waals surface area contributed by atoms with Gasteiger partial charge in [0.15, 0.2) is 5.12 Å². The van der Waals surface area contributed by atoms with E-state index in [1.807, 2.05) is 91.0 Å². The van der Waals surface area contributed by atoms with E-state index < -0.39 is 29.1 Å². The molecule has 1 fully saturated rings. The summed E-state index contributed by atoms with van der Waals surface area (Å²) in [6.45, 7) is -3.39. The van der Waals surface area contributed by atoms with Crippen LogP contribution < -0.4 is 15.9 Å². The smallest absolute Gasteiger partial charge is 0.356 e. The van der Waals surface area contributed by atoms with E-state index in [9.17, 15) is 29.3 Å². The molecule has 240 valence electrons. The van der Waals surface area contributed by atoms with Crippen molar-refractivity contribution in [3.63, 3.8) is 0 Å². The Morgan fingerprint density at radius 1 is 0.830 bits per heavy atom. The van der Waals surface area contributed by atoms with Gasteiger partial charge in [-0.05, 0) is 33.6 Å². The van der Waals surface area contributed by atoms with E-state index in [1.165, 1.54) is 36.3 Å².